The molecule has 0 spiro atoms. The van der Waals surface area contributed by atoms with Crippen molar-refractivity contribution in [2.24, 2.45) is 11.3 Å². The smallest absolute Gasteiger partial charge is 0.137 e. The molecule has 0 bridgehead atoms. The zero-order valence-corrected chi connectivity index (χ0v) is 11.9. The zero-order chi connectivity index (χ0) is 13.2. The van der Waals surface area contributed by atoms with Crippen molar-refractivity contribution in [2.45, 2.75) is 39.7 Å². The van der Waals surface area contributed by atoms with Gasteiger partial charge in [-0.15, -0.1) is 0 Å². The lowest BCUT2D eigenvalue weighted by atomic mass is 9.98. The summed E-state index contributed by atoms with van der Waals surface area (Å²) in [6.07, 6.45) is 6.16. The fourth-order valence-corrected chi connectivity index (χ4v) is 2.59. The summed E-state index contributed by atoms with van der Waals surface area (Å²) in [6, 6.07) is 2.51. The minimum atomic E-state index is 0.405. The number of hydrogen-bond acceptors (Lipinski definition) is 3. The molecule has 3 nitrogen and oxygen atoms in total. The molecule has 0 amide bonds. The highest BCUT2D eigenvalue weighted by atomic mass is 16.5. The van der Waals surface area contributed by atoms with Crippen LogP contribution in [0.5, 0.6) is 5.75 Å². The second-order valence-corrected chi connectivity index (χ2v) is 5.89. The van der Waals surface area contributed by atoms with Gasteiger partial charge in [0.15, 0.2) is 0 Å². The predicted molar refractivity (Wildman–Crippen MR) is 73.7 cm³/mol. The van der Waals surface area contributed by atoms with Crippen LogP contribution >= 0.6 is 0 Å². The van der Waals surface area contributed by atoms with Gasteiger partial charge in [0.1, 0.15) is 5.75 Å². The van der Waals surface area contributed by atoms with Crippen LogP contribution in [-0.4, -0.2) is 18.6 Å². The fourth-order valence-electron chi connectivity index (χ4n) is 2.59. The van der Waals surface area contributed by atoms with Gasteiger partial charge in [-0.25, -0.2) is 0 Å². The number of methoxy groups -OCH3 is 1. The van der Waals surface area contributed by atoms with E-state index in [4.69, 9.17) is 4.74 Å². The predicted octanol–water partition coefficient (Wildman–Crippen LogP) is 3.18. The maximum absolute atomic E-state index is 5.27. The highest BCUT2D eigenvalue weighted by Crippen LogP contribution is 2.57. The molecule has 2 rings (SSSR count). The summed E-state index contributed by atoms with van der Waals surface area (Å²) in [5.74, 6) is 1.55. The van der Waals surface area contributed by atoms with Gasteiger partial charge in [-0.2, -0.15) is 0 Å². The Labute approximate surface area is 110 Å². The van der Waals surface area contributed by atoms with Crippen LogP contribution in [0.3, 0.4) is 0 Å². The second kappa shape index (κ2) is 5.27. The van der Waals surface area contributed by atoms with Crippen molar-refractivity contribution in [3.05, 3.63) is 24.0 Å². The first-order chi connectivity index (χ1) is 8.58. The standard InChI is InChI=1S/C15H24N2O/c1-5-6-17-14(13-8-15(13,2)3)11-7-12(18-4)10-16-9-11/h7,9-10,13-14,17H,5-6,8H2,1-4H3. The maximum atomic E-state index is 5.27. The van der Waals surface area contributed by atoms with Crippen molar-refractivity contribution in [3.63, 3.8) is 0 Å². The first-order valence-electron chi connectivity index (χ1n) is 6.81. The highest BCUT2D eigenvalue weighted by Gasteiger charge is 2.50. The summed E-state index contributed by atoms with van der Waals surface area (Å²) in [4.78, 5) is 4.28. The maximum Gasteiger partial charge on any atom is 0.137 e. The number of aromatic nitrogens is 1. The monoisotopic (exact) mass is 248 g/mol. The quantitative estimate of drug-likeness (QED) is 0.839. The average Bonchev–Trinajstić information content (AvgIpc) is 2.99. The molecule has 100 valence electrons. The molecule has 1 aliphatic carbocycles. The first kappa shape index (κ1) is 13.3. The number of hydrogen-bond donors (Lipinski definition) is 1. The molecule has 18 heavy (non-hydrogen) atoms. The van der Waals surface area contributed by atoms with Gasteiger partial charge in [-0.3, -0.25) is 4.98 Å². The van der Waals surface area contributed by atoms with Gasteiger partial charge in [0.05, 0.1) is 13.3 Å². The number of nitrogens with zero attached hydrogens (tertiary/aromatic N) is 1. The summed E-state index contributed by atoms with van der Waals surface area (Å²) < 4.78 is 5.27. The van der Waals surface area contributed by atoms with E-state index in [1.165, 1.54) is 12.0 Å². The van der Waals surface area contributed by atoms with Crippen molar-refractivity contribution in [2.75, 3.05) is 13.7 Å². The van der Waals surface area contributed by atoms with E-state index in [-0.39, 0.29) is 0 Å². The third-order valence-corrected chi connectivity index (χ3v) is 3.94. The molecule has 1 fully saturated rings. The molecule has 2 atom stereocenters. The van der Waals surface area contributed by atoms with E-state index in [1.54, 1.807) is 13.3 Å². The second-order valence-electron chi connectivity index (χ2n) is 5.89. The Morgan fingerprint density at radius 2 is 2.22 bits per heavy atom. The molecule has 1 heterocycles. The molecule has 0 aromatic carbocycles. The minimum Gasteiger partial charge on any atom is -0.495 e. The number of rotatable bonds is 6. The topological polar surface area (TPSA) is 34.2 Å². The number of ether oxygens (including phenoxy) is 1. The largest absolute Gasteiger partial charge is 0.495 e. The summed E-state index contributed by atoms with van der Waals surface area (Å²) in [5.41, 5.74) is 1.70. The molecule has 1 aromatic rings. The lowest BCUT2D eigenvalue weighted by Crippen LogP contribution is -2.25. The summed E-state index contributed by atoms with van der Waals surface area (Å²) in [6.45, 7) is 7.93. The Hall–Kier alpha value is -1.09. The third kappa shape index (κ3) is 2.83. The van der Waals surface area contributed by atoms with Crippen LogP contribution in [0.2, 0.25) is 0 Å². The van der Waals surface area contributed by atoms with Crippen molar-refractivity contribution >= 4 is 0 Å². The summed E-state index contributed by atoms with van der Waals surface area (Å²) in [5, 5.41) is 3.66. The highest BCUT2D eigenvalue weighted by molar-refractivity contribution is 5.28. The van der Waals surface area contributed by atoms with E-state index in [1.807, 2.05) is 6.20 Å². The van der Waals surface area contributed by atoms with Crippen LogP contribution in [0, 0.1) is 11.3 Å². The fraction of sp³-hybridized carbons (Fsp3) is 0.667. The van der Waals surface area contributed by atoms with E-state index in [0.29, 0.717) is 17.4 Å². The van der Waals surface area contributed by atoms with Crippen molar-refractivity contribution in [1.82, 2.24) is 10.3 Å². The molecule has 0 aliphatic heterocycles. The first-order valence-corrected chi connectivity index (χ1v) is 6.81. The SMILES string of the molecule is CCCNC(c1cncc(OC)c1)C1CC1(C)C. The molecule has 0 radical (unpaired) electrons. The molecule has 3 heteroatoms. The zero-order valence-electron chi connectivity index (χ0n) is 11.9. The summed E-state index contributed by atoms with van der Waals surface area (Å²) in [7, 11) is 1.69. The Morgan fingerprint density at radius 3 is 2.78 bits per heavy atom. The molecule has 1 aliphatic rings. The molecule has 0 saturated heterocycles. The molecule has 1 aromatic heterocycles. The van der Waals surface area contributed by atoms with Gasteiger partial charge in [-0.1, -0.05) is 20.8 Å². The van der Waals surface area contributed by atoms with Crippen molar-refractivity contribution in [1.29, 1.82) is 0 Å². The average molecular weight is 248 g/mol. The molecule has 1 saturated carbocycles. The Kier molecular flexibility index (Phi) is 3.91. The van der Waals surface area contributed by atoms with Gasteiger partial charge < -0.3 is 10.1 Å². The van der Waals surface area contributed by atoms with Crippen LogP contribution in [0.25, 0.3) is 0 Å². The molecular formula is C15H24N2O. The van der Waals surface area contributed by atoms with Gasteiger partial charge in [0, 0.05) is 12.2 Å². The third-order valence-electron chi connectivity index (χ3n) is 3.94. The van der Waals surface area contributed by atoms with Gasteiger partial charge in [0.25, 0.3) is 0 Å². The van der Waals surface area contributed by atoms with E-state index in [2.05, 4.69) is 37.1 Å². The lowest BCUT2D eigenvalue weighted by molar-refractivity contribution is 0.399. The van der Waals surface area contributed by atoms with E-state index >= 15 is 0 Å². The summed E-state index contributed by atoms with van der Waals surface area (Å²) >= 11 is 0. The van der Waals surface area contributed by atoms with E-state index < -0.39 is 0 Å². The van der Waals surface area contributed by atoms with Gasteiger partial charge in [-0.05, 0) is 42.3 Å². The molecular weight excluding hydrogens is 224 g/mol. The lowest BCUT2D eigenvalue weighted by Gasteiger charge is -2.21. The van der Waals surface area contributed by atoms with Gasteiger partial charge >= 0.3 is 0 Å². The Morgan fingerprint density at radius 1 is 1.50 bits per heavy atom. The number of nitrogens with one attached hydrogen (secondary N) is 1. The van der Waals surface area contributed by atoms with Crippen molar-refractivity contribution in [3.8, 4) is 5.75 Å². The molecule has 1 N–H and O–H groups in total. The van der Waals surface area contributed by atoms with E-state index in [0.717, 1.165) is 18.7 Å². The Bertz CT molecular complexity index is 403. The van der Waals surface area contributed by atoms with Crippen LogP contribution in [0.15, 0.2) is 18.5 Å². The van der Waals surface area contributed by atoms with Gasteiger partial charge in [0.2, 0.25) is 0 Å². The van der Waals surface area contributed by atoms with Crippen LogP contribution < -0.4 is 10.1 Å². The van der Waals surface area contributed by atoms with E-state index in [9.17, 15) is 0 Å². The van der Waals surface area contributed by atoms with Crippen LogP contribution in [0.4, 0.5) is 0 Å². The van der Waals surface area contributed by atoms with Crippen LogP contribution in [-0.2, 0) is 0 Å². The minimum absolute atomic E-state index is 0.405. The number of pyridine rings is 1. The normalized spacial score (nSPS) is 22.6. The van der Waals surface area contributed by atoms with Crippen LogP contribution in [0.1, 0.15) is 45.2 Å². The van der Waals surface area contributed by atoms with Crippen molar-refractivity contribution < 1.29 is 4.74 Å². The molecule has 2 unspecified atom stereocenters. The Balaban J connectivity index is 2.17.